The van der Waals surface area contributed by atoms with E-state index in [-0.39, 0.29) is 0 Å². The molecule has 35 heavy (non-hydrogen) atoms. The van der Waals surface area contributed by atoms with Crippen LogP contribution in [0.5, 0.6) is 0 Å². The van der Waals surface area contributed by atoms with Crippen molar-refractivity contribution in [1.82, 2.24) is 0 Å². The molecular formula is C28H38BF2NO3. The minimum absolute atomic E-state index is 0.324. The molecule has 190 valence electrons. The summed E-state index contributed by atoms with van der Waals surface area (Å²) in [6.07, 6.45) is 0.695. The van der Waals surface area contributed by atoms with E-state index in [2.05, 4.69) is 6.58 Å². The first kappa shape index (κ1) is 28.7. The summed E-state index contributed by atoms with van der Waals surface area (Å²) in [6, 6.07) is 10.6. The molecule has 0 atom stereocenters. The Morgan fingerprint density at radius 1 is 0.971 bits per heavy atom. The normalized spacial score (nSPS) is 16.0. The SMILES string of the molecule is C=C(C)C.CC(C)CCN(C(=O)c1c(F)cccc1F)c1ccc(B2OC(C)(C)C(C)(C)O2)cc1. The Morgan fingerprint density at radius 3 is 1.86 bits per heavy atom. The van der Waals surface area contributed by atoms with Gasteiger partial charge in [0.1, 0.15) is 17.2 Å². The zero-order valence-electron chi connectivity index (χ0n) is 22.2. The van der Waals surface area contributed by atoms with E-state index in [1.165, 1.54) is 16.5 Å². The maximum atomic E-state index is 14.3. The van der Waals surface area contributed by atoms with Crippen LogP contribution in [0.2, 0.25) is 0 Å². The zero-order chi connectivity index (χ0) is 26.6. The number of amides is 1. The number of rotatable bonds is 6. The number of allylic oxidation sites excluding steroid dienone is 1. The Labute approximate surface area is 209 Å². The fourth-order valence-electron chi connectivity index (χ4n) is 3.36. The van der Waals surface area contributed by atoms with Crippen molar-refractivity contribution in [2.45, 2.75) is 73.0 Å². The van der Waals surface area contributed by atoms with Gasteiger partial charge in [0.25, 0.3) is 5.91 Å². The molecule has 4 nitrogen and oxygen atoms in total. The van der Waals surface area contributed by atoms with Crippen molar-refractivity contribution in [2.75, 3.05) is 11.4 Å². The van der Waals surface area contributed by atoms with Crippen LogP contribution >= 0.6 is 0 Å². The fraction of sp³-hybridized carbons (Fsp3) is 0.464. The van der Waals surface area contributed by atoms with Gasteiger partial charge in [0.05, 0.1) is 11.2 Å². The third kappa shape index (κ3) is 7.25. The third-order valence-corrected chi connectivity index (χ3v) is 6.08. The van der Waals surface area contributed by atoms with E-state index in [1.54, 1.807) is 12.1 Å². The van der Waals surface area contributed by atoms with E-state index in [1.807, 2.05) is 67.5 Å². The lowest BCUT2D eigenvalue weighted by Gasteiger charge is -2.32. The number of carbonyl (C=O) groups excluding carboxylic acids is 1. The molecule has 1 aliphatic rings. The van der Waals surface area contributed by atoms with Crippen LogP contribution in [-0.2, 0) is 9.31 Å². The van der Waals surface area contributed by atoms with Gasteiger partial charge in [0.15, 0.2) is 0 Å². The zero-order valence-corrected chi connectivity index (χ0v) is 22.2. The monoisotopic (exact) mass is 485 g/mol. The Morgan fingerprint density at radius 2 is 1.43 bits per heavy atom. The van der Waals surface area contributed by atoms with Crippen LogP contribution in [0.4, 0.5) is 14.5 Å². The lowest BCUT2D eigenvalue weighted by atomic mass is 9.79. The highest BCUT2D eigenvalue weighted by atomic mass is 19.1. The minimum atomic E-state index is -0.867. The molecule has 3 rings (SSSR count). The summed E-state index contributed by atoms with van der Waals surface area (Å²) in [7, 11) is -0.525. The van der Waals surface area contributed by atoms with Crippen LogP contribution in [0.3, 0.4) is 0 Å². The molecular weight excluding hydrogens is 447 g/mol. The molecule has 0 bridgehead atoms. The average Bonchev–Trinajstić information content (AvgIpc) is 2.95. The molecule has 0 radical (unpaired) electrons. The van der Waals surface area contributed by atoms with Crippen molar-refractivity contribution in [2.24, 2.45) is 5.92 Å². The molecule has 2 aromatic rings. The number of halogens is 2. The van der Waals surface area contributed by atoms with Gasteiger partial charge in [-0.1, -0.05) is 37.6 Å². The van der Waals surface area contributed by atoms with E-state index in [0.29, 0.717) is 24.6 Å². The first-order valence-electron chi connectivity index (χ1n) is 12.0. The number of nitrogens with zero attached hydrogens (tertiary/aromatic N) is 1. The maximum Gasteiger partial charge on any atom is 0.494 e. The Balaban J connectivity index is 0.00000100. The molecule has 1 amide bonds. The molecule has 0 spiro atoms. The van der Waals surface area contributed by atoms with Gasteiger partial charge >= 0.3 is 7.12 Å². The molecule has 0 saturated carbocycles. The largest absolute Gasteiger partial charge is 0.494 e. The summed E-state index contributed by atoms with van der Waals surface area (Å²) in [5.41, 5.74) is 1.08. The predicted octanol–water partition coefficient (Wildman–Crippen LogP) is 6.54. The van der Waals surface area contributed by atoms with Crippen LogP contribution in [0.1, 0.15) is 72.2 Å². The third-order valence-electron chi connectivity index (χ3n) is 6.08. The van der Waals surface area contributed by atoms with Gasteiger partial charge in [-0.3, -0.25) is 4.79 Å². The summed E-state index contributed by atoms with van der Waals surface area (Å²) < 4.78 is 40.7. The highest BCUT2D eigenvalue weighted by molar-refractivity contribution is 6.62. The van der Waals surface area contributed by atoms with Crippen molar-refractivity contribution in [1.29, 1.82) is 0 Å². The molecule has 2 aromatic carbocycles. The topological polar surface area (TPSA) is 38.8 Å². The Hall–Kier alpha value is -2.51. The van der Waals surface area contributed by atoms with Gasteiger partial charge in [-0.05, 0) is 83.6 Å². The second-order valence-corrected chi connectivity index (χ2v) is 10.6. The smallest absolute Gasteiger partial charge is 0.399 e. The van der Waals surface area contributed by atoms with Crippen molar-refractivity contribution < 1.29 is 22.9 Å². The minimum Gasteiger partial charge on any atom is -0.399 e. The number of anilines is 1. The van der Waals surface area contributed by atoms with Crippen LogP contribution in [0.25, 0.3) is 0 Å². The summed E-state index contributed by atoms with van der Waals surface area (Å²) in [6.45, 7) is 19.8. The van der Waals surface area contributed by atoms with E-state index in [4.69, 9.17) is 9.31 Å². The number of hydrogen-bond acceptors (Lipinski definition) is 3. The summed E-state index contributed by atoms with van der Waals surface area (Å²) in [4.78, 5) is 14.5. The Kier molecular flexibility index (Phi) is 9.43. The fourth-order valence-corrected chi connectivity index (χ4v) is 3.36. The van der Waals surface area contributed by atoms with Gasteiger partial charge in [0, 0.05) is 12.2 Å². The number of benzene rings is 2. The van der Waals surface area contributed by atoms with E-state index in [9.17, 15) is 13.6 Å². The van der Waals surface area contributed by atoms with Crippen LogP contribution in [0.15, 0.2) is 54.6 Å². The van der Waals surface area contributed by atoms with Crippen molar-refractivity contribution in [3.05, 3.63) is 71.8 Å². The molecule has 0 aromatic heterocycles. The van der Waals surface area contributed by atoms with Crippen LogP contribution in [0, 0.1) is 17.6 Å². The standard InChI is InChI=1S/C24H30BF2NO3.C4H8/c1-16(2)14-15-28(22(29)21-19(26)8-7-9-20(21)27)18-12-10-17(11-13-18)25-30-23(3,4)24(5,6)31-25;1-4(2)3/h7-13,16H,14-15H2,1-6H3;1H2,2-3H3. The van der Waals surface area contributed by atoms with Gasteiger partial charge in [-0.15, -0.1) is 6.58 Å². The molecule has 7 heteroatoms. The predicted molar refractivity (Wildman–Crippen MR) is 140 cm³/mol. The van der Waals surface area contributed by atoms with Crippen molar-refractivity contribution >= 4 is 24.2 Å². The molecule has 0 aliphatic carbocycles. The van der Waals surface area contributed by atoms with Crippen LogP contribution < -0.4 is 10.4 Å². The van der Waals surface area contributed by atoms with Gasteiger partial charge in [-0.25, -0.2) is 8.78 Å². The lowest BCUT2D eigenvalue weighted by Crippen LogP contribution is -2.41. The highest BCUT2D eigenvalue weighted by Crippen LogP contribution is 2.36. The summed E-state index contributed by atoms with van der Waals surface area (Å²) in [5.74, 6) is -2.11. The molecule has 0 unspecified atom stereocenters. The lowest BCUT2D eigenvalue weighted by molar-refractivity contribution is 0.00578. The average molecular weight is 485 g/mol. The summed E-state index contributed by atoms with van der Waals surface area (Å²) in [5, 5.41) is 0. The van der Waals surface area contributed by atoms with Crippen LogP contribution in [-0.4, -0.2) is 30.8 Å². The maximum absolute atomic E-state index is 14.3. The Bertz CT molecular complexity index is 995. The number of carbonyl (C=O) groups is 1. The van der Waals surface area contributed by atoms with Gasteiger partial charge in [-0.2, -0.15) is 0 Å². The van der Waals surface area contributed by atoms with Crippen molar-refractivity contribution in [3.63, 3.8) is 0 Å². The molecule has 1 heterocycles. The quantitative estimate of drug-likeness (QED) is 0.345. The van der Waals surface area contributed by atoms with Gasteiger partial charge in [0.2, 0.25) is 0 Å². The second kappa shape index (κ2) is 11.5. The molecule has 1 saturated heterocycles. The second-order valence-electron chi connectivity index (χ2n) is 10.6. The molecule has 0 N–H and O–H groups in total. The highest BCUT2D eigenvalue weighted by Gasteiger charge is 2.51. The van der Waals surface area contributed by atoms with E-state index in [0.717, 1.165) is 17.6 Å². The van der Waals surface area contributed by atoms with E-state index >= 15 is 0 Å². The van der Waals surface area contributed by atoms with Crippen molar-refractivity contribution in [3.8, 4) is 0 Å². The molecule has 1 fully saturated rings. The first-order chi connectivity index (χ1) is 16.2. The first-order valence-corrected chi connectivity index (χ1v) is 12.0. The van der Waals surface area contributed by atoms with Gasteiger partial charge < -0.3 is 14.2 Å². The molecule has 1 aliphatic heterocycles. The summed E-state index contributed by atoms with van der Waals surface area (Å²) >= 11 is 0. The number of hydrogen-bond donors (Lipinski definition) is 0. The van der Waals surface area contributed by atoms with E-state index < -0.39 is 41.4 Å².